The Balaban J connectivity index is 0.000000418. The lowest BCUT2D eigenvalue weighted by Crippen LogP contribution is -2.39. The summed E-state index contributed by atoms with van der Waals surface area (Å²) >= 11 is 0. The van der Waals surface area contributed by atoms with E-state index in [-0.39, 0.29) is 18.5 Å². The topological polar surface area (TPSA) is 96.2 Å². The zero-order valence-electron chi connectivity index (χ0n) is 17.2. The van der Waals surface area contributed by atoms with E-state index in [1.165, 1.54) is 6.42 Å². The van der Waals surface area contributed by atoms with Crippen molar-refractivity contribution < 1.29 is 19.1 Å². The molecule has 2 aliphatic rings. The van der Waals surface area contributed by atoms with Gasteiger partial charge in [0, 0.05) is 39.1 Å². The van der Waals surface area contributed by atoms with Crippen molar-refractivity contribution in [2.24, 2.45) is 5.73 Å². The molecule has 0 aromatic carbocycles. The minimum atomic E-state index is -0.403. The monoisotopic (exact) mass is 372 g/mol. The molecule has 8 heteroatoms. The van der Waals surface area contributed by atoms with Gasteiger partial charge in [-0.15, -0.1) is 0 Å². The van der Waals surface area contributed by atoms with Crippen molar-refractivity contribution in [3.63, 3.8) is 0 Å². The molecule has 8 nitrogen and oxygen atoms in total. The highest BCUT2D eigenvalue weighted by Crippen LogP contribution is 2.17. The summed E-state index contributed by atoms with van der Waals surface area (Å²) in [6.07, 6.45) is 4.16. The number of fused-ring (bicyclic) bond motifs is 1. The first-order valence-electron chi connectivity index (χ1n) is 9.20. The van der Waals surface area contributed by atoms with Crippen LogP contribution in [-0.4, -0.2) is 71.7 Å². The second kappa shape index (κ2) is 11.7. The van der Waals surface area contributed by atoms with E-state index in [4.69, 9.17) is 9.53 Å². The standard InChI is InChI=1S/C9H19NO2.C8H14N2O.CH3NO/c1-7(2)10(6)8(11)12-9(3,4)5;11-8-4-1-2-5-9-6-3-7-10(8)9;2-1-3/h7H,1-6H3;1-7H2;1H,(H2,2,3). The Hall–Kier alpha value is -1.83. The van der Waals surface area contributed by atoms with Crippen molar-refractivity contribution in [1.29, 1.82) is 0 Å². The maximum atomic E-state index is 11.4. The first-order chi connectivity index (χ1) is 12.0. The van der Waals surface area contributed by atoms with Crippen LogP contribution in [0.4, 0.5) is 4.79 Å². The van der Waals surface area contributed by atoms with Gasteiger partial charge in [0.05, 0.1) is 0 Å². The molecule has 0 radical (unpaired) electrons. The van der Waals surface area contributed by atoms with Crippen LogP contribution in [0.1, 0.15) is 60.3 Å². The number of carbonyl (C=O) groups is 3. The summed E-state index contributed by atoms with van der Waals surface area (Å²) in [5.74, 6) is 0.333. The summed E-state index contributed by atoms with van der Waals surface area (Å²) in [6, 6.07) is 0.180. The van der Waals surface area contributed by atoms with E-state index in [0.29, 0.717) is 5.91 Å². The molecule has 2 fully saturated rings. The van der Waals surface area contributed by atoms with Crippen LogP contribution in [0.5, 0.6) is 0 Å². The van der Waals surface area contributed by atoms with Gasteiger partial charge in [-0.1, -0.05) is 0 Å². The van der Waals surface area contributed by atoms with Gasteiger partial charge in [0.2, 0.25) is 12.3 Å². The highest BCUT2D eigenvalue weighted by molar-refractivity contribution is 5.76. The summed E-state index contributed by atoms with van der Waals surface area (Å²) in [7, 11) is 1.73. The summed E-state index contributed by atoms with van der Waals surface area (Å²) in [5.41, 5.74) is 3.76. The fourth-order valence-corrected chi connectivity index (χ4v) is 2.42. The number of nitrogens with two attached hydrogens (primary N) is 1. The second-order valence-electron chi connectivity index (χ2n) is 7.60. The molecular formula is C18H36N4O4. The SMILES string of the molecule is CC(C)N(C)C(=O)OC(C)(C)C.NC=O.O=C1CCCCN2CCCN12. The van der Waals surface area contributed by atoms with Gasteiger partial charge < -0.3 is 15.4 Å². The van der Waals surface area contributed by atoms with Crippen molar-refractivity contribution in [1.82, 2.24) is 14.9 Å². The number of rotatable bonds is 1. The maximum Gasteiger partial charge on any atom is 0.410 e. The predicted molar refractivity (Wildman–Crippen MR) is 101 cm³/mol. The zero-order chi connectivity index (χ0) is 20.3. The average Bonchev–Trinajstić information content (AvgIpc) is 2.92. The maximum absolute atomic E-state index is 11.4. The molecule has 0 aromatic heterocycles. The smallest absolute Gasteiger partial charge is 0.410 e. The molecule has 2 saturated heterocycles. The first-order valence-corrected chi connectivity index (χ1v) is 9.20. The Morgan fingerprint density at radius 3 is 2.23 bits per heavy atom. The third kappa shape index (κ3) is 9.60. The highest BCUT2D eigenvalue weighted by Gasteiger charge is 2.27. The largest absolute Gasteiger partial charge is 0.444 e. The fourth-order valence-electron chi connectivity index (χ4n) is 2.42. The van der Waals surface area contributed by atoms with Crippen LogP contribution in [0, 0.1) is 0 Å². The van der Waals surface area contributed by atoms with E-state index in [0.717, 1.165) is 38.9 Å². The lowest BCUT2D eigenvalue weighted by molar-refractivity contribution is -0.141. The van der Waals surface area contributed by atoms with Crippen LogP contribution in [0.2, 0.25) is 0 Å². The first kappa shape index (κ1) is 24.2. The zero-order valence-corrected chi connectivity index (χ0v) is 17.2. The van der Waals surface area contributed by atoms with Crippen molar-refractivity contribution in [2.45, 2.75) is 71.9 Å². The van der Waals surface area contributed by atoms with Crippen LogP contribution in [0.15, 0.2) is 0 Å². The van der Waals surface area contributed by atoms with Gasteiger partial charge in [-0.25, -0.2) is 9.80 Å². The van der Waals surface area contributed by atoms with Gasteiger partial charge in [-0.05, 0) is 53.9 Å². The van der Waals surface area contributed by atoms with Crippen LogP contribution < -0.4 is 5.73 Å². The van der Waals surface area contributed by atoms with Crippen molar-refractivity contribution in [3.05, 3.63) is 0 Å². The molecule has 0 spiro atoms. The van der Waals surface area contributed by atoms with Gasteiger partial charge in [0.25, 0.3) is 0 Å². The van der Waals surface area contributed by atoms with Crippen LogP contribution >= 0.6 is 0 Å². The Labute approximate surface area is 157 Å². The van der Waals surface area contributed by atoms with Gasteiger partial charge in [-0.3, -0.25) is 14.6 Å². The molecule has 2 rings (SSSR count). The molecule has 0 aliphatic carbocycles. The van der Waals surface area contributed by atoms with Crippen LogP contribution in [-0.2, 0) is 14.3 Å². The van der Waals surface area contributed by atoms with Crippen molar-refractivity contribution >= 4 is 18.4 Å². The normalized spacial score (nSPS) is 17.2. The van der Waals surface area contributed by atoms with E-state index in [1.54, 1.807) is 11.9 Å². The van der Waals surface area contributed by atoms with Gasteiger partial charge in [-0.2, -0.15) is 0 Å². The number of nitrogens with zero attached hydrogens (tertiary/aromatic N) is 3. The Bertz CT molecular complexity index is 449. The van der Waals surface area contributed by atoms with E-state index < -0.39 is 5.60 Å². The third-order valence-corrected chi connectivity index (χ3v) is 3.93. The molecule has 2 heterocycles. The molecule has 26 heavy (non-hydrogen) atoms. The summed E-state index contributed by atoms with van der Waals surface area (Å²) in [4.78, 5) is 32.8. The van der Waals surface area contributed by atoms with E-state index in [1.807, 2.05) is 39.6 Å². The molecule has 2 N–H and O–H groups in total. The molecule has 0 aromatic rings. The van der Waals surface area contributed by atoms with E-state index in [9.17, 15) is 9.59 Å². The Kier molecular flexibility index (Phi) is 10.9. The number of primary amides is 1. The van der Waals surface area contributed by atoms with Crippen molar-refractivity contribution in [3.8, 4) is 0 Å². The van der Waals surface area contributed by atoms with E-state index in [2.05, 4.69) is 10.7 Å². The summed E-state index contributed by atoms with van der Waals surface area (Å²) in [6.45, 7) is 12.6. The summed E-state index contributed by atoms with van der Waals surface area (Å²) in [5, 5.41) is 4.14. The van der Waals surface area contributed by atoms with Crippen LogP contribution in [0.25, 0.3) is 0 Å². The Morgan fingerprint density at radius 2 is 1.73 bits per heavy atom. The molecule has 0 saturated carbocycles. The van der Waals surface area contributed by atoms with Crippen molar-refractivity contribution in [2.75, 3.05) is 26.7 Å². The number of hydrazine groups is 1. The highest BCUT2D eigenvalue weighted by atomic mass is 16.6. The van der Waals surface area contributed by atoms with Crippen LogP contribution in [0.3, 0.4) is 0 Å². The molecule has 2 aliphatic heterocycles. The number of hydrogen-bond acceptors (Lipinski definition) is 5. The van der Waals surface area contributed by atoms with Gasteiger partial charge in [0.15, 0.2) is 0 Å². The molecule has 0 atom stereocenters. The lowest BCUT2D eigenvalue weighted by Gasteiger charge is -2.26. The number of carbonyl (C=O) groups excluding carboxylic acids is 3. The second-order valence-corrected chi connectivity index (χ2v) is 7.60. The summed E-state index contributed by atoms with van der Waals surface area (Å²) < 4.78 is 5.15. The van der Waals surface area contributed by atoms with E-state index >= 15 is 0 Å². The molecule has 3 amide bonds. The minimum absolute atomic E-state index is 0.180. The number of ether oxygens (including phenoxy) is 1. The third-order valence-electron chi connectivity index (χ3n) is 3.93. The van der Waals surface area contributed by atoms with Gasteiger partial charge in [0.1, 0.15) is 5.60 Å². The molecular weight excluding hydrogens is 336 g/mol. The minimum Gasteiger partial charge on any atom is -0.444 e. The number of amides is 3. The molecule has 0 unspecified atom stereocenters. The fraction of sp³-hybridized carbons (Fsp3) is 0.833. The molecule has 0 bridgehead atoms. The number of hydrogen-bond donors (Lipinski definition) is 1. The quantitative estimate of drug-likeness (QED) is 0.710. The lowest BCUT2D eigenvalue weighted by atomic mass is 10.2. The van der Waals surface area contributed by atoms with Gasteiger partial charge >= 0.3 is 6.09 Å². The molecule has 152 valence electrons. The average molecular weight is 373 g/mol. The Morgan fingerprint density at radius 1 is 1.19 bits per heavy atom. The predicted octanol–water partition coefficient (Wildman–Crippen LogP) is 1.98.